The van der Waals surface area contributed by atoms with Crippen molar-refractivity contribution in [2.75, 3.05) is 0 Å². The van der Waals surface area contributed by atoms with Crippen LogP contribution >= 0.6 is 13.5 Å². The summed E-state index contributed by atoms with van der Waals surface area (Å²) < 4.78 is 4.73. The third kappa shape index (κ3) is 7.06. The molecule has 0 saturated heterocycles. The van der Waals surface area contributed by atoms with Gasteiger partial charge in [-0.3, -0.25) is 19.3 Å². The van der Waals surface area contributed by atoms with Crippen molar-refractivity contribution < 1.29 is 19.2 Å². The number of aromatic nitrogens is 3. The van der Waals surface area contributed by atoms with Crippen LogP contribution in [0.5, 0.6) is 0 Å². The summed E-state index contributed by atoms with van der Waals surface area (Å²) in [7, 11) is 0. The minimum Gasteiger partial charge on any atom is -0.480 e. The Balaban J connectivity index is 0.00000441. The van der Waals surface area contributed by atoms with Crippen molar-refractivity contribution in [1.82, 2.24) is 20.0 Å². The van der Waals surface area contributed by atoms with Crippen molar-refractivity contribution in [3.63, 3.8) is 0 Å². The van der Waals surface area contributed by atoms with E-state index in [1.165, 1.54) is 4.90 Å². The maximum absolute atomic E-state index is 13.0. The number of carbonyl (C=O) groups is 2. The topological polar surface area (TPSA) is 129 Å². The second-order valence-corrected chi connectivity index (χ2v) is 9.77. The van der Waals surface area contributed by atoms with Gasteiger partial charge in [0, 0.05) is 30.3 Å². The van der Waals surface area contributed by atoms with Crippen LogP contribution in [0.25, 0.3) is 33.8 Å². The highest BCUT2D eigenvalue weighted by atomic mass is 32.1. The summed E-state index contributed by atoms with van der Waals surface area (Å²) in [4.78, 5) is 45.4. The summed E-state index contributed by atoms with van der Waals surface area (Å²) in [6, 6.07) is 18.4. The smallest absolute Gasteiger partial charge is 0.439 e. The van der Waals surface area contributed by atoms with Gasteiger partial charge in [-0.1, -0.05) is 74.8 Å². The number of unbranched alkanes of at least 4 members (excludes halogenated alkanes) is 1. The first-order valence-corrected chi connectivity index (χ1v) is 13.0. The average molecular weight is 563 g/mol. The van der Waals surface area contributed by atoms with Gasteiger partial charge in [0.1, 0.15) is 6.04 Å². The Kier molecular flexibility index (Phi) is 10.4. The number of nitrogens with zero attached hydrogens (tertiary/aromatic N) is 3. The van der Waals surface area contributed by atoms with Crippen LogP contribution in [-0.4, -0.2) is 43.0 Å². The molecule has 0 radical (unpaired) electrons. The van der Waals surface area contributed by atoms with Gasteiger partial charge in [0.2, 0.25) is 5.91 Å². The summed E-state index contributed by atoms with van der Waals surface area (Å²) in [5.41, 5.74) is 4.69. The molecular formula is C30H34N4O5S. The van der Waals surface area contributed by atoms with Crippen molar-refractivity contribution in [2.45, 2.75) is 52.6 Å². The molecule has 0 bridgehead atoms. The molecule has 0 aliphatic heterocycles. The lowest BCUT2D eigenvalue weighted by molar-refractivity contribution is -0.153. The van der Waals surface area contributed by atoms with E-state index in [0.717, 1.165) is 23.1 Å². The quantitative estimate of drug-likeness (QED) is 0.247. The van der Waals surface area contributed by atoms with Crippen molar-refractivity contribution in [2.24, 2.45) is 5.92 Å². The fourth-order valence-corrected chi connectivity index (χ4v) is 4.58. The van der Waals surface area contributed by atoms with E-state index in [1.807, 2.05) is 67.6 Å². The third-order valence-electron chi connectivity index (χ3n) is 6.56. The molecule has 1 atom stereocenters. The highest BCUT2D eigenvalue weighted by Crippen LogP contribution is 2.33. The lowest BCUT2D eigenvalue weighted by Crippen LogP contribution is -2.47. The van der Waals surface area contributed by atoms with Crippen molar-refractivity contribution in [3.05, 3.63) is 83.0 Å². The maximum atomic E-state index is 13.0. The number of benzene rings is 2. The Hall–Kier alpha value is -4.18. The van der Waals surface area contributed by atoms with E-state index < -0.39 is 17.8 Å². The van der Waals surface area contributed by atoms with Gasteiger partial charge >= 0.3 is 11.7 Å². The fourth-order valence-electron chi connectivity index (χ4n) is 4.58. The number of hydrogen-bond donors (Lipinski definition) is 2. The van der Waals surface area contributed by atoms with Gasteiger partial charge in [-0.05, 0) is 47.2 Å². The third-order valence-corrected chi connectivity index (χ3v) is 6.56. The van der Waals surface area contributed by atoms with Crippen LogP contribution in [0.3, 0.4) is 0 Å². The molecule has 1 amide bonds. The van der Waals surface area contributed by atoms with E-state index in [9.17, 15) is 19.5 Å². The molecule has 0 spiro atoms. The number of hydrogen-bond acceptors (Lipinski definition) is 6. The Morgan fingerprint density at radius 2 is 1.77 bits per heavy atom. The number of amides is 1. The number of carbonyl (C=O) groups excluding carboxylic acids is 1. The van der Waals surface area contributed by atoms with Crippen molar-refractivity contribution in [1.29, 1.82) is 0 Å². The Labute approximate surface area is 239 Å². The zero-order chi connectivity index (χ0) is 27.9. The Bertz CT molecular complexity index is 1480. The minimum atomic E-state index is -1.02. The molecule has 2 aromatic carbocycles. The second kappa shape index (κ2) is 13.7. The molecule has 4 rings (SSSR count). The van der Waals surface area contributed by atoms with Crippen LogP contribution < -0.4 is 5.76 Å². The first-order valence-electron chi connectivity index (χ1n) is 13.0. The van der Waals surface area contributed by atoms with Gasteiger partial charge in [-0.15, -0.1) is 0 Å². The average Bonchev–Trinajstić information content (AvgIpc) is 3.37. The molecule has 2 N–H and O–H groups in total. The maximum Gasteiger partial charge on any atom is 0.439 e. The lowest BCUT2D eigenvalue weighted by Gasteiger charge is -2.31. The molecule has 10 heteroatoms. The van der Waals surface area contributed by atoms with Crippen LogP contribution in [0.2, 0.25) is 0 Å². The number of carboxylic acids is 1. The number of aliphatic carboxylic acids is 1. The summed E-state index contributed by atoms with van der Waals surface area (Å²) >= 11 is 0. The standard InChI is InChI=1S/C30H32N4O5.H2S/c1-4-5-11-26(35)34(27(19(2)3)29(36)37)18-20-12-15-25(31-17-20)24-16-22(21-9-7-6-8-10-21)13-14-23(24)28-32-30(38)39-33-28;/h6-10,12-17,19,27H,4-5,11,18H2,1-3H3,(H,36,37)(H,32,33,38);1H2/t27-;/m0./s1. The lowest BCUT2D eigenvalue weighted by atomic mass is 9.96. The number of aromatic amines is 1. The van der Waals surface area contributed by atoms with Crippen LogP contribution in [0.4, 0.5) is 0 Å². The van der Waals surface area contributed by atoms with E-state index in [0.29, 0.717) is 29.7 Å². The summed E-state index contributed by atoms with van der Waals surface area (Å²) in [5.74, 6) is -1.83. The van der Waals surface area contributed by atoms with Gasteiger partial charge in [-0.2, -0.15) is 13.5 Å². The molecule has 9 nitrogen and oxygen atoms in total. The second-order valence-electron chi connectivity index (χ2n) is 9.77. The SMILES string of the molecule is CCCCC(=O)N(Cc1ccc(-c2cc(-c3ccccc3)ccc2-c2noc(=O)[nH]2)nc1)[C@H](C(=O)O)C(C)C.S. The highest BCUT2D eigenvalue weighted by molar-refractivity contribution is 7.59. The molecule has 0 saturated carbocycles. The minimum absolute atomic E-state index is 0. The Morgan fingerprint density at radius 3 is 2.35 bits per heavy atom. The highest BCUT2D eigenvalue weighted by Gasteiger charge is 2.32. The monoisotopic (exact) mass is 562 g/mol. The van der Waals surface area contributed by atoms with Gasteiger partial charge < -0.3 is 10.0 Å². The van der Waals surface area contributed by atoms with Crippen molar-refractivity contribution in [3.8, 4) is 33.8 Å². The molecule has 0 unspecified atom stereocenters. The number of H-pyrrole nitrogens is 1. The summed E-state index contributed by atoms with van der Waals surface area (Å²) in [5, 5.41) is 13.7. The normalized spacial score (nSPS) is 11.6. The molecule has 2 aromatic heterocycles. The first-order chi connectivity index (χ1) is 18.8. The van der Waals surface area contributed by atoms with E-state index in [1.54, 1.807) is 20.0 Å². The van der Waals surface area contributed by atoms with E-state index in [2.05, 4.69) is 15.1 Å². The van der Waals surface area contributed by atoms with E-state index >= 15 is 0 Å². The predicted octanol–water partition coefficient (Wildman–Crippen LogP) is 5.50. The van der Waals surface area contributed by atoms with Gasteiger partial charge in [0.25, 0.3) is 0 Å². The number of pyridine rings is 1. The predicted molar refractivity (Wildman–Crippen MR) is 158 cm³/mol. The first kappa shape index (κ1) is 30.4. The number of rotatable bonds is 11. The zero-order valence-electron chi connectivity index (χ0n) is 22.8. The largest absolute Gasteiger partial charge is 0.480 e. The Morgan fingerprint density at radius 1 is 1.02 bits per heavy atom. The molecule has 40 heavy (non-hydrogen) atoms. The van der Waals surface area contributed by atoms with Crippen molar-refractivity contribution >= 4 is 25.4 Å². The van der Waals surface area contributed by atoms with Gasteiger partial charge in [0.15, 0.2) is 5.82 Å². The molecular weight excluding hydrogens is 528 g/mol. The molecule has 0 aliphatic carbocycles. The van der Waals surface area contributed by atoms with Gasteiger partial charge in [0.05, 0.1) is 5.69 Å². The molecule has 0 fully saturated rings. The number of carboxylic acid groups (broad SMARTS) is 1. The summed E-state index contributed by atoms with van der Waals surface area (Å²) in [6.45, 7) is 5.73. The molecule has 4 aromatic rings. The summed E-state index contributed by atoms with van der Waals surface area (Å²) in [6.07, 6.45) is 3.49. The van der Waals surface area contributed by atoms with E-state index in [-0.39, 0.29) is 37.7 Å². The fraction of sp³-hybridized carbons (Fsp3) is 0.300. The molecule has 0 aliphatic rings. The van der Waals surface area contributed by atoms with E-state index in [4.69, 9.17) is 4.52 Å². The number of nitrogens with one attached hydrogen (secondary N) is 1. The van der Waals surface area contributed by atoms with Crippen LogP contribution in [0, 0.1) is 5.92 Å². The zero-order valence-corrected chi connectivity index (χ0v) is 23.8. The van der Waals surface area contributed by atoms with Crippen LogP contribution in [0.1, 0.15) is 45.6 Å². The van der Waals surface area contributed by atoms with Crippen LogP contribution in [0.15, 0.2) is 76.2 Å². The van der Waals surface area contributed by atoms with Gasteiger partial charge in [-0.25, -0.2) is 9.59 Å². The molecule has 2 heterocycles. The van der Waals surface area contributed by atoms with Crippen LogP contribution in [-0.2, 0) is 16.1 Å². The molecule has 210 valence electrons.